The van der Waals surface area contributed by atoms with E-state index in [9.17, 15) is 4.79 Å². The quantitative estimate of drug-likeness (QED) is 0.540. The van der Waals surface area contributed by atoms with Gasteiger partial charge in [-0.3, -0.25) is 0 Å². The van der Waals surface area contributed by atoms with Crippen LogP contribution in [0, 0.1) is 0 Å². The lowest BCUT2D eigenvalue weighted by atomic mass is 10.0. The third-order valence-electron chi connectivity index (χ3n) is 5.08. The lowest BCUT2D eigenvalue weighted by Crippen LogP contribution is -2.12. The van der Waals surface area contributed by atoms with E-state index in [1.165, 1.54) is 7.11 Å². The van der Waals surface area contributed by atoms with Crippen LogP contribution in [0.15, 0.2) is 96.8 Å². The van der Waals surface area contributed by atoms with Gasteiger partial charge in [-0.25, -0.2) is 9.48 Å². The van der Waals surface area contributed by atoms with Crippen molar-refractivity contribution in [3.63, 3.8) is 0 Å². The highest BCUT2D eigenvalue weighted by Crippen LogP contribution is 2.22. The van der Waals surface area contributed by atoms with Crippen LogP contribution in [-0.2, 0) is 11.3 Å². The molecule has 0 atom stereocenters. The number of ether oxygens (including phenoxy) is 2. The third-order valence-corrected chi connectivity index (χ3v) is 5.08. The Labute approximate surface area is 192 Å². The van der Waals surface area contributed by atoms with Gasteiger partial charge in [-0.2, -0.15) is 0 Å². The Hall–Kier alpha value is -4.39. The highest BCUT2D eigenvalue weighted by molar-refractivity contribution is 5.92. The number of carbonyl (C=O) groups excluding carboxylic acids is 1. The molecule has 0 unspecified atom stereocenters. The van der Waals surface area contributed by atoms with Gasteiger partial charge in [0.1, 0.15) is 5.75 Å². The van der Waals surface area contributed by atoms with E-state index in [4.69, 9.17) is 9.47 Å². The average molecular weight is 441 g/mol. The normalized spacial score (nSPS) is 15.5. The van der Waals surface area contributed by atoms with Crippen LogP contribution in [-0.4, -0.2) is 35.2 Å². The lowest BCUT2D eigenvalue weighted by molar-refractivity contribution is 0.0595. The number of allylic oxidation sites excluding steroid dienone is 7. The van der Waals surface area contributed by atoms with Gasteiger partial charge in [0.2, 0.25) is 5.69 Å². The maximum atomic E-state index is 12.3. The van der Waals surface area contributed by atoms with Crippen molar-refractivity contribution >= 4 is 17.4 Å². The molecule has 1 aliphatic carbocycles. The van der Waals surface area contributed by atoms with Gasteiger partial charge in [0.25, 0.3) is 0 Å². The maximum absolute atomic E-state index is 12.3. The van der Waals surface area contributed by atoms with Crippen molar-refractivity contribution in [1.82, 2.24) is 15.0 Å². The molecule has 1 N–H and O–H groups in total. The van der Waals surface area contributed by atoms with Crippen molar-refractivity contribution in [1.29, 1.82) is 0 Å². The number of nitrogens with one attached hydrogen (secondary N) is 1. The van der Waals surface area contributed by atoms with Crippen molar-refractivity contribution in [3.05, 3.63) is 114 Å². The second-order valence-electron chi connectivity index (χ2n) is 7.24. The fraction of sp³-hybridized carbons (Fsp3) is 0.115. The highest BCUT2D eigenvalue weighted by atomic mass is 16.5. The molecule has 0 bridgehead atoms. The van der Waals surface area contributed by atoms with E-state index in [0.717, 1.165) is 28.1 Å². The van der Waals surface area contributed by atoms with E-state index in [-0.39, 0.29) is 5.69 Å². The molecule has 166 valence electrons. The third kappa shape index (κ3) is 5.27. The summed E-state index contributed by atoms with van der Waals surface area (Å²) in [6.45, 7) is 0.418. The highest BCUT2D eigenvalue weighted by Gasteiger charge is 2.21. The van der Waals surface area contributed by atoms with Crippen LogP contribution in [0.4, 0.5) is 5.82 Å². The van der Waals surface area contributed by atoms with Gasteiger partial charge in [-0.15, -0.1) is 5.10 Å². The molecular weight excluding hydrogens is 416 g/mol. The average Bonchev–Trinajstić information content (AvgIpc) is 3.23. The molecular formula is C26H24N4O3. The number of aromatic nitrogens is 3. The molecule has 0 fully saturated rings. The number of nitrogens with zero attached hydrogens (tertiary/aromatic N) is 3. The molecule has 2 aromatic carbocycles. The summed E-state index contributed by atoms with van der Waals surface area (Å²) in [4.78, 5) is 12.3. The van der Waals surface area contributed by atoms with Gasteiger partial charge < -0.3 is 14.8 Å². The van der Waals surface area contributed by atoms with Gasteiger partial charge in [0, 0.05) is 5.70 Å². The number of carbonyl (C=O) groups is 1. The minimum absolute atomic E-state index is 0.117. The van der Waals surface area contributed by atoms with E-state index in [1.54, 1.807) is 11.8 Å². The first-order valence-corrected chi connectivity index (χ1v) is 10.4. The summed E-state index contributed by atoms with van der Waals surface area (Å²) < 4.78 is 11.7. The first kappa shape index (κ1) is 21.8. The SMILES string of the molecule is COC(=O)c1nnn(Cc2ccc(OC)cc2)c1NC1=C/C=C\C(c2ccccc2)=C/C=C1. The fourth-order valence-corrected chi connectivity index (χ4v) is 3.35. The first-order chi connectivity index (χ1) is 16.2. The van der Waals surface area contributed by atoms with Crippen molar-refractivity contribution in [3.8, 4) is 5.75 Å². The van der Waals surface area contributed by atoms with E-state index >= 15 is 0 Å². The number of rotatable bonds is 7. The molecule has 33 heavy (non-hydrogen) atoms. The molecule has 3 aromatic rings. The molecule has 4 rings (SSSR count). The Balaban J connectivity index is 1.58. The molecule has 0 saturated heterocycles. The lowest BCUT2D eigenvalue weighted by Gasteiger charge is -2.12. The Bertz CT molecular complexity index is 1240. The van der Waals surface area contributed by atoms with Crippen LogP contribution in [0.1, 0.15) is 21.6 Å². The number of benzene rings is 2. The van der Waals surface area contributed by atoms with Crippen LogP contribution in [0.25, 0.3) is 5.57 Å². The second kappa shape index (κ2) is 10.3. The van der Waals surface area contributed by atoms with Crippen molar-refractivity contribution in [2.45, 2.75) is 6.54 Å². The summed E-state index contributed by atoms with van der Waals surface area (Å²) in [6, 6.07) is 17.8. The standard InChI is InChI=1S/C26H24N4O3/c1-32-23-16-14-19(15-17-23)18-30-25(24(28-29-30)26(31)33-2)27-22-12-6-10-21(11-7-13-22)20-8-4-3-5-9-20/h3-17,27H,18H2,1-2H3/b10-6-,11-7?,12-6?,13-7?,21-10?,21-11+,22-12?,22-13?. The van der Waals surface area contributed by atoms with Crippen LogP contribution in [0.5, 0.6) is 5.75 Å². The summed E-state index contributed by atoms with van der Waals surface area (Å²) in [5.41, 5.74) is 4.11. The van der Waals surface area contributed by atoms with E-state index < -0.39 is 5.97 Å². The smallest absolute Gasteiger partial charge is 0.362 e. The van der Waals surface area contributed by atoms with Gasteiger partial charge in [0.15, 0.2) is 5.82 Å². The number of hydrogen-bond donors (Lipinski definition) is 1. The zero-order chi connectivity index (χ0) is 23.0. The topological polar surface area (TPSA) is 78.3 Å². The van der Waals surface area contributed by atoms with Gasteiger partial charge >= 0.3 is 5.97 Å². The molecule has 0 radical (unpaired) electrons. The Morgan fingerprint density at radius 3 is 2.45 bits per heavy atom. The molecule has 0 amide bonds. The summed E-state index contributed by atoms with van der Waals surface area (Å²) in [5.74, 6) is 0.663. The van der Waals surface area contributed by atoms with E-state index in [1.807, 2.05) is 78.9 Å². The Morgan fingerprint density at radius 2 is 1.73 bits per heavy atom. The number of anilines is 1. The Kier molecular flexibility index (Phi) is 6.80. The zero-order valence-electron chi connectivity index (χ0n) is 18.4. The Morgan fingerprint density at radius 1 is 0.970 bits per heavy atom. The maximum Gasteiger partial charge on any atom is 0.362 e. The minimum atomic E-state index is -0.560. The number of esters is 1. The van der Waals surface area contributed by atoms with E-state index in [2.05, 4.69) is 27.8 Å². The summed E-state index contributed by atoms with van der Waals surface area (Å²) >= 11 is 0. The predicted octanol–water partition coefficient (Wildman–Crippen LogP) is 4.63. The molecule has 0 spiro atoms. The van der Waals surface area contributed by atoms with Crippen molar-refractivity contribution in [2.75, 3.05) is 19.5 Å². The summed E-state index contributed by atoms with van der Waals surface area (Å²) in [5, 5.41) is 11.5. The summed E-state index contributed by atoms with van der Waals surface area (Å²) in [7, 11) is 2.95. The van der Waals surface area contributed by atoms with Crippen LogP contribution in [0.2, 0.25) is 0 Å². The molecule has 1 aromatic heterocycles. The first-order valence-electron chi connectivity index (χ1n) is 10.4. The fourth-order valence-electron chi connectivity index (χ4n) is 3.35. The zero-order valence-corrected chi connectivity index (χ0v) is 18.4. The minimum Gasteiger partial charge on any atom is -0.497 e. The second-order valence-corrected chi connectivity index (χ2v) is 7.24. The summed E-state index contributed by atoms with van der Waals surface area (Å²) in [6.07, 6.45) is 11.8. The molecule has 7 heteroatoms. The van der Waals surface area contributed by atoms with Crippen molar-refractivity contribution < 1.29 is 14.3 Å². The predicted molar refractivity (Wildman–Crippen MR) is 128 cm³/mol. The molecule has 1 aliphatic rings. The van der Waals surface area contributed by atoms with Gasteiger partial charge in [-0.1, -0.05) is 72.0 Å². The van der Waals surface area contributed by atoms with E-state index in [0.29, 0.717) is 12.4 Å². The molecule has 0 saturated carbocycles. The molecule has 7 nitrogen and oxygen atoms in total. The molecule has 0 aliphatic heterocycles. The largest absolute Gasteiger partial charge is 0.497 e. The number of hydrogen-bond acceptors (Lipinski definition) is 6. The van der Waals surface area contributed by atoms with Gasteiger partial charge in [0.05, 0.1) is 20.8 Å². The van der Waals surface area contributed by atoms with Gasteiger partial charge in [-0.05, 0) is 41.0 Å². The van der Waals surface area contributed by atoms with Crippen LogP contribution >= 0.6 is 0 Å². The molecule has 1 heterocycles. The van der Waals surface area contributed by atoms with Crippen LogP contribution < -0.4 is 10.1 Å². The van der Waals surface area contributed by atoms with Crippen molar-refractivity contribution in [2.24, 2.45) is 0 Å². The number of methoxy groups -OCH3 is 2. The van der Waals surface area contributed by atoms with Crippen LogP contribution in [0.3, 0.4) is 0 Å². The monoisotopic (exact) mass is 440 g/mol.